The Balaban J connectivity index is 1.42. The van der Waals surface area contributed by atoms with E-state index in [2.05, 4.69) is 26.1 Å². The number of carbonyl (C=O) groups excluding carboxylic acids is 1. The predicted molar refractivity (Wildman–Crippen MR) is 165 cm³/mol. The molecule has 1 aliphatic rings. The molecule has 5 nitrogen and oxygen atoms in total. The van der Waals surface area contributed by atoms with Crippen LogP contribution in [0.25, 0.3) is 0 Å². The highest BCUT2D eigenvalue weighted by Gasteiger charge is 2.33. The number of fused-ring (bicyclic) bond motifs is 1. The Morgan fingerprint density at radius 3 is 2.45 bits per heavy atom. The number of nitrogens with zero attached hydrogens (tertiary/aromatic N) is 1. The first kappa shape index (κ1) is 27.7. The molecular formula is C34H36N2O3S. The molecule has 1 atom stereocenters. The van der Waals surface area contributed by atoms with Crippen molar-refractivity contribution in [1.82, 2.24) is 0 Å². The number of rotatable bonds is 8. The smallest absolute Gasteiger partial charge is 0.259 e. The second-order valence-electron chi connectivity index (χ2n) is 11.3. The van der Waals surface area contributed by atoms with Crippen molar-refractivity contribution < 1.29 is 14.3 Å². The van der Waals surface area contributed by atoms with Gasteiger partial charge in [-0.3, -0.25) is 4.79 Å². The summed E-state index contributed by atoms with van der Waals surface area (Å²) in [5.74, 6) is 1.78. The molecule has 1 amide bonds. The Labute approximate surface area is 240 Å². The SMILES string of the molecule is COc1cc(C=Nc2sc3c(c2C(=O)Nc2ccccc2)CC[C@@H](C(C)(C)C)C3)ccc1OCc1ccccc1. The molecule has 0 spiro atoms. The maximum Gasteiger partial charge on any atom is 0.259 e. The van der Waals surface area contributed by atoms with Crippen LogP contribution in [0.2, 0.25) is 0 Å². The molecule has 1 aromatic heterocycles. The number of anilines is 1. The zero-order valence-electron chi connectivity index (χ0n) is 23.6. The standard InChI is InChI=1S/C34H36N2O3S/c1-34(2,3)25-16-17-27-30(20-25)40-33(31(27)32(37)36-26-13-9-6-10-14-26)35-21-24-15-18-28(29(19-24)38-4)39-22-23-11-7-5-8-12-23/h5-15,18-19,21,25H,16-17,20,22H2,1-4H3,(H,36,37)/t25-/m1/s1. The van der Waals surface area contributed by atoms with Crippen LogP contribution >= 0.6 is 11.3 Å². The number of aliphatic imine (C=N–C) groups is 1. The minimum Gasteiger partial charge on any atom is -0.493 e. The second kappa shape index (κ2) is 12.1. The van der Waals surface area contributed by atoms with Crippen molar-refractivity contribution in [2.24, 2.45) is 16.3 Å². The van der Waals surface area contributed by atoms with Gasteiger partial charge >= 0.3 is 0 Å². The molecule has 1 N–H and O–H groups in total. The van der Waals surface area contributed by atoms with Gasteiger partial charge in [-0.1, -0.05) is 69.3 Å². The molecule has 0 saturated carbocycles. The molecule has 3 aromatic carbocycles. The summed E-state index contributed by atoms with van der Waals surface area (Å²) in [7, 11) is 1.64. The lowest BCUT2D eigenvalue weighted by molar-refractivity contribution is 0.102. The van der Waals surface area contributed by atoms with Gasteiger partial charge in [0.05, 0.1) is 12.7 Å². The van der Waals surface area contributed by atoms with Gasteiger partial charge in [-0.05, 0) is 77.6 Å². The first-order chi connectivity index (χ1) is 19.3. The maximum atomic E-state index is 13.6. The summed E-state index contributed by atoms with van der Waals surface area (Å²) in [4.78, 5) is 19.7. The van der Waals surface area contributed by atoms with Crippen LogP contribution in [-0.2, 0) is 19.4 Å². The molecule has 0 bridgehead atoms. The number of para-hydroxylation sites is 1. The number of nitrogens with one attached hydrogen (secondary N) is 1. The Bertz CT molecular complexity index is 1490. The van der Waals surface area contributed by atoms with E-state index in [1.165, 1.54) is 4.88 Å². The van der Waals surface area contributed by atoms with Gasteiger partial charge in [0.15, 0.2) is 11.5 Å². The Morgan fingerprint density at radius 1 is 1.02 bits per heavy atom. The number of ether oxygens (including phenoxy) is 2. The lowest BCUT2D eigenvalue weighted by Gasteiger charge is -2.33. The Morgan fingerprint density at radius 2 is 1.75 bits per heavy atom. The summed E-state index contributed by atoms with van der Waals surface area (Å²) in [5.41, 5.74) is 4.81. The number of thiophene rings is 1. The number of carbonyl (C=O) groups is 1. The van der Waals surface area contributed by atoms with Gasteiger partial charge in [0.2, 0.25) is 0 Å². The number of methoxy groups -OCH3 is 1. The van der Waals surface area contributed by atoms with Crippen LogP contribution in [0, 0.1) is 11.3 Å². The lowest BCUT2D eigenvalue weighted by atomic mass is 9.72. The number of benzene rings is 3. The third-order valence-corrected chi connectivity index (χ3v) is 8.65. The third kappa shape index (κ3) is 6.45. The Hall–Kier alpha value is -3.90. The normalized spacial score (nSPS) is 15.1. The molecule has 0 radical (unpaired) electrons. The van der Waals surface area contributed by atoms with E-state index in [1.54, 1.807) is 24.7 Å². The molecule has 206 valence electrons. The summed E-state index contributed by atoms with van der Waals surface area (Å²) in [6.45, 7) is 7.37. The van der Waals surface area contributed by atoms with Crippen molar-refractivity contribution in [1.29, 1.82) is 0 Å². The van der Waals surface area contributed by atoms with Crippen LogP contribution in [0.1, 0.15) is 59.1 Å². The van der Waals surface area contributed by atoms with E-state index in [4.69, 9.17) is 14.5 Å². The van der Waals surface area contributed by atoms with Gasteiger partial charge < -0.3 is 14.8 Å². The van der Waals surface area contributed by atoms with Crippen LogP contribution in [0.5, 0.6) is 11.5 Å². The highest BCUT2D eigenvalue weighted by atomic mass is 32.1. The van der Waals surface area contributed by atoms with Crippen LogP contribution in [0.3, 0.4) is 0 Å². The van der Waals surface area contributed by atoms with E-state index in [-0.39, 0.29) is 11.3 Å². The van der Waals surface area contributed by atoms with Crippen LogP contribution in [0.4, 0.5) is 10.7 Å². The third-order valence-electron chi connectivity index (χ3n) is 7.49. The zero-order chi connectivity index (χ0) is 28.1. The van der Waals surface area contributed by atoms with E-state index < -0.39 is 0 Å². The molecule has 5 rings (SSSR count). The molecular weight excluding hydrogens is 516 g/mol. The fourth-order valence-electron chi connectivity index (χ4n) is 5.10. The molecule has 1 heterocycles. The van der Waals surface area contributed by atoms with Gasteiger partial charge in [0.1, 0.15) is 11.6 Å². The zero-order valence-corrected chi connectivity index (χ0v) is 24.4. The highest BCUT2D eigenvalue weighted by Crippen LogP contribution is 2.45. The molecule has 0 saturated heterocycles. The van der Waals surface area contributed by atoms with Gasteiger partial charge in [-0.25, -0.2) is 4.99 Å². The fraction of sp³-hybridized carbons (Fsp3) is 0.294. The molecule has 0 fully saturated rings. The topological polar surface area (TPSA) is 59.9 Å². The van der Waals surface area contributed by atoms with E-state index in [1.807, 2.05) is 78.9 Å². The summed E-state index contributed by atoms with van der Waals surface area (Å²) in [6, 6.07) is 25.4. The minimum atomic E-state index is -0.104. The maximum absolute atomic E-state index is 13.6. The first-order valence-electron chi connectivity index (χ1n) is 13.7. The molecule has 6 heteroatoms. The monoisotopic (exact) mass is 552 g/mol. The van der Waals surface area contributed by atoms with Crippen molar-refractivity contribution in [3.63, 3.8) is 0 Å². The Kier molecular flexibility index (Phi) is 8.36. The summed E-state index contributed by atoms with van der Waals surface area (Å²) in [5, 5.41) is 3.83. The molecule has 4 aromatic rings. The van der Waals surface area contributed by atoms with E-state index in [0.29, 0.717) is 29.6 Å². The minimum absolute atomic E-state index is 0.104. The van der Waals surface area contributed by atoms with Crippen LogP contribution < -0.4 is 14.8 Å². The second-order valence-corrected chi connectivity index (χ2v) is 12.3. The van der Waals surface area contributed by atoms with E-state index >= 15 is 0 Å². The van der Waals surface area contributed by atoms with Crippen LogP contribution in [-0.4, -0.2) is 19.2 Å². The first-order valence-corrected chi connectivity index (χ1v) is 14.5. The summed E-state index contributed by atoms with van der Waals surface area (Å²) in [6.07, 6.45) is 4.75. The van der Waals surface area contributed by atoms with Crippen molar-refractivity contribution in [2.45, 2.75) is 46.6 Å². The number of hydrogen-bond acceptors (Lipinski definition) is 5. The van der Waals surface area contributed by atoms with E-state index in [0.717, 1.165) is 46.6 Å². The van der Waals surface area contributed by atoms with Gasteiger partial charge in [0.25, 0.3) is 5.91 Å². The molecule has 1 aliphatic carbocycles. The fourth-order valence-corrected chi connectivity index (χ4v) is 6.37. The van der Waals surface area contributed by atoms with Crippen molar-refractivity contribution >= 4 is 34.1 Å². The average Bonchev–Trinajstić information content (AvgIpc) is 3.33. The summed E-state index contributed by atoms with van der Waals surface area (Å²) >= 11 is 1.64. The van der Waals surface area contributed by atoms with Gasteiger partial charge in [0, 0.05) is 16.8 Å². The largest absolute Gasteiger partial charge is 0.493 e. The molecule has 40 heavy (non-hydrogen) atoms. The van der Waals surface area contributed by atoms with Gasteiger partial charge in [-0.2, -0.15) is 0 Å². The van der Waals surface area contributed by atoms with Crippen molar-refractivity contribution in [3.8, 4) is 11.5 Å². The lowest BCUT2D eigenvalue weighted by Crippen LogP contribution is -2.27. The van der Waals surface area contributed by atoms with Crippen LogP contribution in [0.15, 0.2) is 83.9 Å². The average molecular weight is 553 g/mol. The van der Waals surface area contributed by atoms with E-state index in [9.17, 15) is 4.79 Å². The van der Waals surface area contributed by atoms with Crippen molar-refractivity contribution in [2.75, 3.05) is 12.4 Å². The van der Waals surface area contributed by atoms with Crippen molar-refractivity contribution in [3.05, 3.63) is 106 Å². The van der Waals surface area contributed by atoms with Gasteiger partial charge in [-0.15, -0.1) is 11.3 Å². The number of amides is 1. The quantitative estimate of drug-likeness (QED) is 0.223. The summed E-state index contributed by atoms with van der Waals surface area (Å²) < 4.78 is 11.6. The predicted octanol–water partition coefficient (Wildman–Crippen LogP) is 8.49. The number of hydrogen-bond donors (Lipinski definition) is 1. The molecule has 0 aliphatic heterocycles. The highest BCUT2D eigenvalue weighted by molar-refractivity contribution is 7.16. The molecule has 0 unspecified atom stereocenters.